The van der Waals surface area contributed by atoms with Crippen molar-refractivity contribution >= 4 is 57.6 Å². The van der Waals surface area contributed by atoms with Crippen LogP contribution >= 0.6 is 24.4 Å². The van der Waals surface area contributed by atoms with Gasteiger partial charge in [0.05, 0.1) is 35.4 Å². The Hall–Kier alpha value is -4.36. The number of alkyl halides is 3. The van der Waals surface area contributed by atoms with Crippen molar-refractivity contribution in [1.29, 1.82) is 10.5 Å². The second-order valence-corrected chi connectivity index (χ2v) is 10.8. The van der Waals surface area contributed by atoms with E-state index in [1.165, 1.54) is 6.07 Å². The van der Waals surface area contributed by atoms with Crippen LogP contribution in [0.5, 0.6) is 0 Å². The number of aliphatic hydroxyl groups excluding tert-OH is 1. The third kappa shape index (κ3) is 5.09. The fourth-order valence-electron chi connectivity index (χ4n) is 5.25. The van der Waals surface area contributed by atoms with E-state index >= 15 is 0 Å². The molecule has 0 radical (unpaired) electrons. The van der Waals surface area contributed by atoms with Crippen molar-refractivity contribution in [2.45, 2.75) is 44.5 Å². The van der Waals surface area contributed by atoms with Crippen molar-refractivity contribution in [3.05, 3.63) is 88.5 Å². The van der Waals surface area contributed by atoms with Crippen molar-refractivity contribution < 1.29 is 18.3 Å². The number of rotatable bonds is 4. The van der Waals surface area contributed by atoms with Gasteiger partial charge in [-0.05, 0) is 110 Å². The van der Waals surface area contributed by atoms with Gasteiger partial charge in [-0.1, -0.05) is 12.1 Å². The highest BCUT2D eigenvalue weighted by atomic mass is 32.1. The molecule has 1 aliphatic carbocycles. The van der Waals surface area contributed by atoms with Crippen LogP contribution in [-0.4, -0.2) is 26.7 Å². The molecule has 0 aromatic heterocycles. The summed E-state index contributed by atoms with van der Waals surface area (Å²) in [6.45, 7) is 1.71. The SMILES string of the molecule is Cc1cc(N2C(=S)N(c3ccc(CO)cc3)C3(CCC3)C2=NC(=S)Nc2ccc(C#N)c(C(F)(F)F)c2)ccc1C#N. The summed E-state index contributed by atoms with van der Waals surface area (Å²) in [6.07, 6.45) is -2.45. The van der Waals surface area contributed by atoms with Gasteiger partial charge >= 0.3 is 6.18 Å². The summed E-state index contributed by atoms with van der Waals surface area (Å²) in [5, 5.41) is 31.2. The van der Waals surface area contributed by atoms with Crippen molar-refractivity contribution in [2.24, 2.45) is 4.99 Å². The van der Waals surface area contributed by atoms with Crippen LogP contribution in [0.15, 0.2) is 65.7 Å². The number of nitrogens with one attached hydrogen (secondary N) is 1. The predicted octanol–water partition coefficient (Wildman–Crippen LogP) is 6.58. The second kappa shape index (κ2) is 11.1. The lowest BCUT2D eigenvalue weighted by atomic mass is 9.74. The molecule has 1 saturated heterocycles. The zero-order chi connectivity index (χ0) is 30.2. The van der Waals surface area contributed by atoms with Crippen LogP contribution in [0.2, 0.25) is 0 Å². The third-order valence-corrected chi connectivity index (χ3v) is 8.05. The molecule has 0 amide bonds. The van der Waals surface area contributed by atoms with Crippen molar-refractivity contribution in [3.8, 4) is 12.1 Å². The molecule has 2 fully saturated rings. The summed E-state index contributed by atoms with van der Waals surface area (Å²) in [4.78, 5) is 8.55. The van der Waals surface area contributed by atoms with Gasteiger partial charge in [-0.3, -0.25) is 4.90 Å². The molecule has 3 aromatic carbocycles. The number of amidine groups is 1. The minimum Gasteiger partial charge on any atom is -0.392 e. The Bertz CT molecular complexity index is 1700. The Morgan fingerprint density at radius 3 is 2.21 bits per heavy atom. The van der Waals surface area contributed by atoms with E-state index in [4.69, 9.17) is 34.7 Å². The van der Waals surface area contributed by atoms with E-state index in [-0.39, 0.29) is 17.4 Å². The standard InChI is InChI=1S/C30H23F3N6OS2/c1-18-13-24(10-6-20(18)15-34)38-26(37-27(41)36-22-7-5-21(16-35)25(14-22)30(31,32)33)29(11-2-12-29)39(28(38)42)23-8-3-19(17-40)4-9-23/h3-10,13-14,40H,2,11-12,17H2,1H3,(H,36,41). The summed E-state index contributed by atoms with van der Waals surface area (Å²) >= 11 is 11.6. The molecule has 5 rings (SSSR count). The number of hydrogen-bond donors (Lipinski definition) is 2. The Kier molecular flexibility index (Phi) is 7.73. The van der Waals surface area contributed by atoms with E-state index in [2.05, 4.69) is 11.4 Å². The average Bonchev–Trinajstić information content (AvgIpc) is 3.20. The highest BCUT2D eigenvalue weighted by Gasteiger charge is 2.58. The van der Waals surface area contributed by atoms with Gasteiger partial charge in [0.15, 0.2) is 10.2 Å². The van der Waals surface area contributed by atoms with Crippen LogP contribution in [-0.2, 0) is 12.8 Å². The number of aliphatic imine (C=N–C) groups is 1. The Morgan fingerprint density at radius 1 is 1.02 bits per heavy atom. The van der Waals surface area contributed by atoms with Crippen molar-refractivity contribution in [3.63, 3.8) is 0 Å². The van der Waals surface area contributed by atoms with Gasteiger partial charge < -0.3 is 15.3 Å². The van der Waals surface area contributed by atoms with Crippen LogP contribution in [0, 0.1) is 29.6 Å². The molecule has 2 N–H and O–H groups in total. The quantitative estimate of drug-likeness (QED) is 0.323. The van der Waals surface area contributed by atoms with Gasteiger partial charge in [-0.2, -0.15) is 23.7 Å². The number of nitriles is 2. The molecule has 7 nitrogen and oxygen atoms in total. The van der Waals surface area contributed by atoms with E-state index in [1.807, 2.05) is 42.2 Å². The van der Waals surface area contributed by atoms with Crippen LogP contribution in [0.4, 0.5) is 30.2 Å². The number of anilines is 3. The molecular formula is C30H23F3N6OS2. The first-order valence-electron chi connectivity index (χ1n) is 12.9. The monoisotopic (exact) mass is 604 g/mol. The first kappa shape index (κ1) is 29.1. The van der Waals surface area contributed by atoms with Gasteiger partial charge in [-0.15, -0.1) is 0 Å². The largest absolute Gasteiger partial charge is 0.417 e. The zero-order valence-corrected chi connectivity index (χ0v) is 23.9. The average molecular weight is 605 g/mol. The lowest BCUT2D eigenvalue weighted by molar-refractivity contribution is -0.137. The Morgan fingerprint density at radius 2 is 1.67 bits per heavy atom. The van der Waals surface area contributed by atoms with E-state index < -0.39 is 22.8 Å². The fraction of sp³-hybridized carbons (Fsp3) is 0.233. The first-order chi connectivity index (χ1) is 20.0. The van der Waals surface area contributed by atoms with Crippen molar-refractivity contribution in [1.82, 2.24) is 0 Å². The molecule has 3 aromatic rings. The number of nitrogens with zero attached hydrogens (tertiary/aromatic N) is 5. The second-order valence-electron chi connectivity index (χ2n) is 10.0. The molecule has 1 heterocycles. The molecule has 0 atom stereocenters. The lowest BCUT2D eigenvalue weighted by Crippen LogP contribution is -2.55. The molecule has 2 aliphatic rings. The number of benzene rings is 3. The summed E-state index contributed by atoms with van der Waals surface area (Å²) < 4.78 is 40.7. The number of halogens is 3. The summed E-state index contributed by atoms with van der Waals surface area (Å²) in [7, 11) is 0. The Balaban J connectivity index is 1.60. The highest BCUT2D eigenvalue weighted by molar-refractivity contribution is 7.81. The smallest absolute Gasteiger partial charge is 0.392 e. The maximum Gasteiger partial charge on any atom is 0.417 e. The van der Waals surface area contributed by atoms with Crippen LogP contribution in [0.1, 0.15) is 47.1 Å². The van der Waals surface area contributed by atoms with Crippen LogP contribution < -0.4 is 15.1 Å². The number of aryl methyl sites for hydroxylation is 1. The molecule has 0 unspecified atom stereocenters. The Labute approximate surface area is 251 Å². The van der Waals surface area contributed by atoms with Crippen LogP contribution in [0.25, 0.3) is 0 Å². The fourth-order valence-corrected chi connectivity index (χ4v) is 5.93. The number of thiocarbonyl (C=S) groups is 2. The molecule has 42 heavy (non-hydrogen) atoms. The summed E-state index contributed by atoms with van der Waals surface area (Å²) in [5.41, 5.74) is 1.24. The van der Waals surface area contributed by atoms with Gasteiger partial charge in [-0.25, -0.2) is 4.99 Å². The van der Waals surface area contributed by atoms with E-state index in [1.54, 1.807) is 23.1 Å². The van der Waals surface area contributed by atoms with Gasteiger partial charge in [0.1, 0.15) is 11.4 Å². The molecule has 1 aliphatic heterocycles. The molecular weight excluding hydrogens is 581 g/mol. The molecule has 1 saturated carbocycles. The molecule has 212 valence electrons. The van der Waals surface area contributed by atoms with Gasteiger partial charge in [0, 0.05) is 17.1 Å². The summed E-state index contributed by atoms with van der Waals surface area (Å²) in [6, 6.07) is 19.6. The van der Waals surface area contributed by atoms with E-state index in [0.717, 1.165) is 35.4 Å². The highest BCUT2D eigenvalue weighted by Crippen LogP contribution is 2.48. The molecule has 0 bridgehead atoms. The van der Waals surface area contributed by atoms with E-state index in [0.29, 0.717) is 35.0 Å². The predicted molar refractivity (Wildman–Crippen MR) is 162 cm³/mol. The zero-order valence-electron chi connectivity index (χ0n) is 22.2. The first-order valence-corrected chi connectivity index (χ1v) is 13.7. The number of aliphatic hydroxyl groups is 1. The van der Waals surface area contributed by atoms with Crippen molar-refractivity contribution in [2.75, 3.05) is 15.1 Å². The topological polar surface area (TPSA) is 98.7 Å². The summed E-state index contributed by atoms with van der Waals surface area (Å²) in [5.74, 6) is 0.510. The maximum atomic E-state index is 13.6. The number of hydrogen-bond acceptors (Lipinski definition) is 5. The van der Waals surface area contributed by atoms with Gasteiger partial charge in [0.25, 0.3) is 0 Å². The molecule has 12 heteroatoms. The molecule has 1 spiro atoms. The third-order valence-electron chi connectivity index (χ3n) is 7.49. The minimum atomic E-state index is -4.72. The lowest BCUT2D eigenvalue weighted by Gasteiger charge is -2.44. The van der Waals surface area contributed by atoms with Gasteiger partial charge in [0.2, 0.25) is 0 Å². The maximum absolute atomic E-state index is 13.6. The minimum absolute atomic E-state index is 0.0381. The van der Waals surface area contributed by atoms with E-state index in [9.17, 15) is 23.5 Å². The van der Waals surface area contributed by atoms with Crippen LogP contribution in [0.3, 0.4) is 0 Å². The normalized spacial score (nSPS) is 16.7.